The quantitative estimate of drug-likeness (QED) is 0.442. The van der Waals surface area contributed by atoms with E-state index in [1.807, 2.05) is 30.3 Å². The molecule has 0 bridgehead atoms. The van der Waals surface area contributed by atoms with Crippen LogP contribution in [0.1, 0.15) is 21.2 Å². The Hall–Kier alpha value is -0.383. The van der Waals surface area contributed by atoms with Crippen LogP contribution in [0.15, 0.2) is 30.3 Å². The zero-order chi connectivity index (χ0) is 7.94. The molecule has 2 heteroatoms. The molecule has 0 spiro atoms. The first-order valence-corrected chi connectivity index (χ1v) is 4.11. The van der Waals surface area contributed by atoms with Crippen molar-refractivity contribution in [2.24, 2.45) is 0 Å². The molecule has 1 nitrogen and oxygen atoms in total. The average Bonchev–Trinajstić information content (AvgIpc) is 2.07. The zero-order valence-corrected chi connectivity index (χ0v) is 7.92. The fourth-order valence-corrected chi connectivity index (χ4v) is 0.851. The van der Waals surface area contributed by atoms with Gasteiger partial charge in [0, 0.05) is 0 Å². The number of para-hydroxylation sites is 1. The summed E-state index contributed by atoms with van der Waals surface area (Å²) >= 11 is 0. The average molecular weight is 158 g/mol. The van der Waals surface area contributed by atoms with Crippen LogP contribution < -0.4 is 23.6 Å². The molecule has 62 valence electrons. The number of benzene rings is 1. The number of unbranched alkanes of at least 4 members (excludes halogenated alkanes) is 1. The van der Waals surface area contributed by atoms with E-state index in [1.165, 1.54) is 6.42 Å². The van der Waals surface area contributed by atoms with Gasteiger partial charge in [0.2, 0.25) is 0 Å². The summed E-state index contributed by atoms with van der Waals surface area (Å²) in [5, 5.41) is 0. The van der Waals surface area contributed by atoms with Gasteiger partial charge in [0.25, 0.3) is 0 Å². The van der Waals surface area contributed by atoms with Crippen LogP contribution in [0.3, 0.4) is 0 Å². The molecule has 0 heterocycles. The molecule has 0 saturated heterocycles. The summed E-state index contributed by atoms with van der Waals surface area (Å²) in [5.41, 5.74) is 0. The third-order valence-corrected chi connectivity index (χ3v) is 1.51. The van der Waals surface area contributed by atoms with Crippen LogP contribution >= 0.6 is 0 Å². The van der Waals surface area contributed by atoms with Crippen LogP contribution in [0.25, 0.3) is 0 Å². The number of hydrogen-bond donors (Lipinski definition) is 0. The number of rotatable bonds is 4. The van der Waals surface area contributed by atoms with Crippen LogP contribution in [0.5, 0.6) is 5.75 Å². The van der Waals surface area contributed by atoms with Crippen molar-refractivity contribution in [3.05, 3.63) is 30.3 Å². The Balaban J connectivity index is 0. The monoisotopic (exact) mass is 158 g/mol. The Labute approximate surface area is 87.8 Å². The van der Waals surface area contributed by atoms with Gasteiger partial charge >= 0.3 is 18.9 Å². The topological polar surface area (TPSA) is 9.23 Å². The molecule has 0 N–H and O–H groups in total. The van der Waals surface area contributed by atoms with Gasteiger partial charge < -0.3 is 6.16 Å². The predicted octanol–water partition coefficient (Wildman–Crippen LogP) is -0.0180. The van der Waals surface area contributed by atoms with Gasteiger partial charge in [-0.2, -0.15) is 0 Å². The molecule has 12 heavy (non-hydrogen) atoms. The Bertz CT molecular complexity index is 191. The Morgan fingerprint density at radius 3 is 2.50 bits per heavy atom. The summed E-state index contributed by atoms with van der Waals surface area (Å²) in [6.45, 7) is 2.99. The van der Waals surface area contributed by atoms with Gasteiger partial charge in [-0.25, -0.2) is 0 Å². The molecule has 0 aliphatic heterocycles. The molecular weight excluding hydrogens is 143 g/mol. The van der Waals surface area contributed by atoms with Gasteiger partial charge in [0.1, 0.15) is 5.75 Å². The van der Waals surface area contributed by atoms with Gasteiger partial charge in [-0.05, 0) is 18.6 Å². The van der Waals surface area contributed by atoms with E-state index in [2.05, 4.69) is 6.92 Å². The van der Waals surface area contributed by atoms with E-state index in [4.69, 9.17) is 4.74 Å². The van der Waals surface area contributed by atoms with E-state index < -0.39 is 0 Å². The van der Waals surface area contributed by atoms with Crippen molar-refractivity contribution in [3.63, 3.8) is 0 Å². The molecule has 0 fully saturated rings. The first kappa shape index (κ1) is 11.6. The van der Waals surface area contributed by atoms with E-state index in [9.17, 15) is 0 Å². The van der Waals surface area contributed by atoms with Crippen molar-refractivity contribution in [1.82, 2.24) is 0 Å². The predicted molar refractivity (Wildman–Crippen MR) is 48.0 cm³/mol. The van der Waals surface area contributed by atoms with Gasteiger partial charge in [-0.1, -0.05) is 31.5 Å². The molecule has 0 radical (unpaired) electrons. The van der Waals surface area contributed by atoms with E-state index in [0.29, 0.717) is 0 Å². The summed E-state index contributed by atoms with van der Waals surface area (Å²) in [6, 6.07) is 9.93. The minimum Gasteiger partial charge on any atom is -1.00 e. The zero-order valence-electron chi connectivity index (χ0n) is 8.92. The molecule has 0 unspecified atom stereocenters. The van der Waals surface area contributed by atoms with Crippen LogP contribution in [0.4, 0.5) is 0 Å². The van der Waals surface area contributed by atoms with Crippen LogP contribution in [-0.4, -0.2) is 6.61 Å². The third kappa shape index (κ3) is 4.49. The van der Waals surface area contributed by atoms with Gasteiger partial charge in [-0.3, -0.25) is 0 Å². The fourth-order valence-electron chi connectivity index (χ4n) is 0.851. The number of ether oxygens (including phenoxy) is 1. The maximum Gasteiger partial charge on any atom is 1.00 e. The first-order chi connectivity index (χ1) is 5.43. The summed E-state index contributed by atoms with van der Waals surface area (Å²) in [5.74, 6) is 0.973. The van der Waals surface area contributed by atoms with E-state index in [0.717, 1.165) is 18.8 Å². The Morgan fingerprint density at radius 2 is 1.92 bits per heavy atom. The molecular formula is C10H15LiO. The maximum absolute atomic E-state index is 5.45. The second-order valence-corrected chi connectivity index (χ2v) is 2.52. The van der Waals surface area contributed by atoms with E-state index in [-0.39, 0.29) is 20.3 Å². The molecule has 0 aromatic heterocycles. The standard InChI is InChI=1S/C10H14O.Li.H/c1-2-3-9-11-10-7-5-4-6-8-10;;/h4-8H,2-3,9H2,1H3;;/q;+1;-1. The number of hydrogen-bond acceptors (Lipinski definition) is 1. The minimum absolute atomic E-state index is 0. The Morgan fingerprint density at radius 1 is 1.25 bits per heavy atom. The molecule has 0 atom stereocenters. The second-order valence-electron chi connectivity index (χ2n) is 2.52. The second kappa shape index (κ2) is 7.28. The van der Waals surface area contributed by atoms with Gasteiger partial charge in [0.15, 0.2) is 0 Å². The summed E-state index contributed by atoms with van der Waals surface area (Å²) in [4.78, 5) is 0. The molecule has 1 rings (SSSR count). The smallest absolute Gasteiger partial charge is 1.00 e. The van der Waals surface area contributed by atoms with Crippen molar-refractivity contribution in [3.8, 4) is 5.75 Å². The van der Waals surface area contributed by atoms with Crippen molar-refractivity contribution < 1.29 is 25.0 Å². The molecule has 1 aromatic rings. The summed E-state index contributed by atoms with van der Waals surface area (Å²) in [6.07, 6.45) is 2.32. The van der Waals surface area contributed by atoms with Crippen LogP contribution in [0, 0.1) is 0 Å². The summed E-state index contributed by atoms with van der Waals surface area (Å²) in [7, 11) is 0. The first-order valence-electron chi connectivity index (χ1n) is 4.11. The van der Waals surface area contributed by atoms with Crippen molar-refractivity contribution in [1.29, 1.82) is 0 Å². The molecule has 0 aliphatic carbocycles. The van der Waals surface area contributed by atoms with Crippen molar-refractivity contribution in [2.45, 2.75) is 19.8 Å². The van der Waals surface area contributed by atoms with Crippen molar-refractivity contribution in [2.75, 3.05) is 6.61 Å². The molecule has 0 amide bonds. The summed E-state index contributed by atoms with van der Waals surface area (Å²) < 4.78 is 5.45. The minimum atomic E-state index is 0. The largest absolute Gasteiger partial charge is 1.00 e. The maximum atomic E-state index is 5.45. The van der Waals surface area contributed by atoms with Crippen LogP contribution in [-0.2, 0) is 0 Å². The third-order valence-electron chi connectivity index (χ3n) is 1.51. The Kier molecular flexibility index (Phi) is 7.04. The fraction of sp³-hybridized carbons (Fsp3) is 0.400. The van der Waals surface area contributed by atoms with Gasteiger partial charge in [0.05, 0.1) is 6.61 Å². The van der Waals surface area contributed by atoms with E-state index in [1.54, 1.807) is 0 Å². The SMILES string of the molecule is CCCCOc1ccccc1.[H-].[Li+]. The molecule has 0 aliphatic rings. The van der Waals surface area contributed by atoms with Crippen LogP contribution in [0.2, 0.25) is 0 Å². The van der Waals surface area contributed by atoms with E-state index >= 15 is 0 Å². The molecule has 0 saturated carbocycles. The normalized spacial score (nSPS) is 8.75. The molecule has 1 aromatic carbocycles. The van der Waals surface area contributed by atoms with Crippen molar-refractivity contribution >= 4 is 0 Å². The van der Waals surface area contributed by atoms with Gasteiger partial charge in [-0.15, -0.1) is 0 Å².